The van der Waals surface area contributed by atoms with E-state index in [-0.39, 0.29) is 12.8 Å². The van der Waals surface area contributed by atoms with E-state index in [0.717, 1.165) is 5.69 Å². The van der Waals surface area contributed by atoms with E-state index in [9.17, 15) is 18.3 Å². The Morgan fingerprint density at radius 2 is 1.94 bits per heavy atom. The summed E-state index contributed by atoms with van der Waals surface area (Å²) in [6.45, 7) is 1.58. The molecule has 104 valence electrons. The van der Waals surface area contributed by atoms with Crippen LogP contribution >= 0.6 is 0 Å². The largest absolute Gasteiger partial charge is 0.390 e. The molecule has 1 aromatic rings. The Labute approximate surface area is 105 Å². The quantitative estimate of drug-likeness (QED) is 0.858. The van der Waals surface area contributed by atoms with Gasteiger partial charge in [-0.2, -0.15) is 18.3 Å². The van der Waals surface area contributed by atoms with E-state index in [1.807, 2.05) is 6.07 Å². The Bertz CT molecular complexity index is 372. The molecule has 0 spiro atoms. The molecule has 0 aliphatic rings. The van der Waals surface area contributed by atoms with Crippen molar-refractivity contribution >= 4 is 0 Å². The van der Waals surface area contributed by atoms with Crippen molar-refractivity contribution in [3.8, 4) is 0 Å². The fourth-order valence-electron chi connectivity index (χ4n) is 1.84. The second kappa shape index (κ2) is 5.73. The smallest absolute Gasteiger partial charge is 0.389 e. The zero-order valence-corrected chi connectivity index (χ0v) is 10.7. The minimum atomic E-state index is -4.14. The summed E-state index contributed by atoms with van der Waals surface area (Å²) in [7, 11) is 1.80. The Hall–Kier alpha value is -1.04. The first-order valence-electron chi connectivity index (χ1n) is 5.96. The number of aryl methyl sites for hydroxylation is 2. The number of rotatable bonds is 6. The van der Waals surface area contributed by atoms with Crippen molar-refractivity contribution in [3.05, 3.63) is 18.0 Å². The highest BCUT2D eigenvalue weighted by Gasteiger charge is 2.28. The molecule has 0 bridgehead atoms. The fraction of sp³-hybridized carbons (Fsp3) is 0.750. The first-order chi connectivity index (χ1) is 8.20. The van der Waals surface area contributed by atoms with Gasteiger partial charge in [0, 0.05) is 25.4 Å². The van der Waals surface area contributed by atoms with Crippen LogP contribution in [0.15, 0.2) is 12.3 Å². The molecule has 1 atom stereocenters. The van der Waals surface area contributed by atoms with E-state index < -0.39 is 18.2 Å². The average molecular weight is 264 g/mol. The van der Waals surface area contributed by atoms with Crippen LogP contribution in [0.2, 0.25) is 0 Å². The minimum Gasteiger partial charge on any atom is -0.390 e. The van der Waals surface area contributed by atoms with Crippen LogP contribution in [0.4, 0.5) is 13.2 Å². The molecule has 1 aromatic heterocycles. The molecule has 1 heterocycles. The summed E-state index contributed by atoms with van der Waals surface area (Å²) in [4.78, 5) is 0. The van der Waals surface area contributed by atoms with Gasteiger partial charge in [-0.05, 0) is 38.7 Å². The van der Waals surface area contributed by atoms with E-state index in [1.54, 1.807) is 24.9 Å². The van der Waals surface area contributed by atoms with Crippen LogP contribution in [0, 0.1) is 0 Å². The molecule has 0 aromatic carbocycles. The zero-order valence-electron chi connectivity index (χ0n) is 10.7. The van der Waals surface area contributed by atoms with Gasteiger partial charge < -0.3 is 5.11 Å². The van der Waals surface area contributed by atoms with Crippen LogP contribution in [0.25, 0.3) is 0 Å². The van der Waals surface area contributed by atoms with Crippen LogP contribution in [0.3, 0.4) is 0 Å². The van der Waals surface area contributed by atoms with Crippen LogP contribution in [0.1, 0.15) is 38.3 Å². The number of halogens is 3. The molecule has 0 saturated carbocycles. The Morgan fingerprint density at radius 3 is 2.44 bits per heavy atom. The summed E-state index contributed by atoms with van der Waals surface area (Å²) < 4.78 is 37.7. The maximum atomic E-state index is 12.0. The van der Waals surface area contributed by atoms with Crippen molar-refractivity contribution in [1.82, 2.24) is 9.78 Å². The average Bonchev–Trinajstić information content (AvgIpc) is 2.59. The molecule has 0 radical (unpaired) electrons. The van der Waals surface area contributed by atoms with E-state index >= 15 is 0 Å². The lowest BCUT2D eigenvalue weighted by Gasteiger charge is -2.23. The summed E-state index contributed by atoms with van der Waals surface area (Å²) in [6.07, 6.45) is -2.16. The normalized spacial score (nSPS) is 15.7. The summed E-state index contributed by atoms with van der Waals surface area (Å²) in [6, 6.07) is 1.84. The molecule has 18 heavy (non-hydrogen) atoms. The van der Waals surface area contributed by atoms with Gasteiger partial charge in [0.25, 0.3) is 0 Å². The number of alkyl halides is 3. The third-order valence-corrected chi connectivity index (χ3v) is 3.02. The molecule has 1 unspecified atom stereocenters. The molecule has 1 rings (SSSR count). The molecular formula is C12H19F3N2O. The van der Waals surface area contributed by atoms with E-state index in [2.05, 4.69) is 5.10 Å². The van der Waals surface area contributed by atoms with Crippen LogP contribution in [-0.2, 0) is 13.5 Å². The number of hydrogen-bond donors (Lipinski definition) is 1. The highest BCUT2D eigenvalue weighted by molar-refractivity contribution is 5.00. The van der Waals surface area contributed by atoms with E-state index in [0.29, 0.717) is 12.8 Å². The van der Waals surface area contributed by atoms with Gasteiger partial charge in [-0.15, -0.1) is 0 Å². The summed E-state index contributed by atoms with van der Waals surface area (Å²) >= 11 is 0. The number of hydrogen-bond acceptors (Lipinski definition) is 2. The monoisotopic (exact) mass is 264 g/mol. The Balaban J connectivity index is 2.33. The lowest BCUT2D eigenvalue weighted by Crippen LogP contribution is -2.26. The predicted octanol–water partition coefficient (Wildman–Crippen LogP) is 2.84. The molecule has 0 aliphatic carbocycles. The van der Waals surface area contributed by atoms with Crippen molar-refractivity contribution in [3.63, 3.8) is 0 Å². The van der Waals surface area contributed by atoms with Crippen LogP contribution in [0.5, 0.6) is 0 Å². The predicted molar refractivity (Wildman–Crippen MR) is 62.1 cm³/mol. The molecule has 0 fully saturated rings. The molecule has 0 amide bonds. The standard InChI is InChI=1S/C12H19F3N2O/c1-11(18,6-3-7-12(13,14)15)8-4-10-5-9-16-17(10)2/h5,9,18H,3-4,6-8H2,1-2H3. The summed E-state index contributed by atoms with van der Waals surface area (Å²) in [5, 5.41) is 14.0. The lowest BCUT2D eigenvalue weighted by molar-refractivity contribution is -0.137. The van der Waals surface area contributed by atoms with Gasteiger partial charge in [-0.25, -0.2) is 0 Å². The number of aliphatic hydroxyl groups is 1. The van der Waals surface area contributed by atoms with Crippen molar-refractivity contribution in [1.29, 1.82) is 0 Å². The third-order valence-electron chi connectivity index (χ3n) is 3.02. The first kappa shape index (κ1) is 15.0. The number of aromatic nitrogens is 2. The second-order valence-electron chi connectivity index (χ2n) is 4.91. The molecule has 0 saturated heterocycles. The third kappa shape index (κ3) is 5.53. The van der Waals surface area contributed by atoms with Gasteiger partial charge >= 0.3 is 6.18 Å². The first-order valence-corrected chi connectivity index (χ1v) is 5.96. The van der Waals surface area contributed by atoms with Crippen LogP contribution in [-0.4, -0.2) is 26.7 Å². The Kier molecular flexibility index (Phi) is 4.78. The van der Waals surface area contributed by atoms with Gasteiger partial charge in [0.05, 0.1) is 5.60 Å². The van der Waals surface area contributed by atoms with Gasteiger partial charge in [0.1, 0.15) is 0 Å². The van der Waals surface area contributed by atoms with Gasteiger partial charge in [-0.1, -0.05) is 0 Å². The SMILES string of the molecule is Cn1nccc1CCC(C)(O)CCCC(F)(F)F. The van der Waals surface area contributed by atoms with Crippen molar-refractivity contribution in [2.75, 3.05) is 0 Å². The van der Waals surface area contributed by atoms with Crippen LogP contribution < -0.4 is 0 Å². The number of nitrogens with zero attached hydrogens (tertiary/aromatic N) is 2. The van der Waals surface area contributed by atoms with Gasteiger partial charge in [0.2, 0.25) is 0 Å². The topological polar surface area (TPSA) is 38.0 Å². The molecular weight excluding hydrogens is 245 g/mol. The molecule has 6 heteroatoms. The lowest BCUT2D eigenvalue weighted by atomic mass is 9.93. The van der Waals surface area contributed by atoms with Crippen molar-refractivity contribution in [2.24, 2.45) is 7.05 Å². The van der Waals surface area contributed by atoms with Gasteiger partial charge in [0.15, 0.2) is 0 Å². The molecule has 0 aliphatic heterocycles. The van der Waals surface area contributed by atoms with E-state index in [1.165, 1.54) is 0 Å². The maximum absolute atomic E-state index is 12.0. The Morgan fingerprint density at radius 1 is 1.28 bits per heavy atom. The second-order valence-corrected chi connectivity index (χ2v) is 4.91. The molecule has 1 N–H and O–H groups in total. The summed E-state index contributed by atoms with van der Waals surface area (Å²) in [5.41, 5.74) is -0.0960. The maximum Gasteiger partial charge on any atom is 0.389 e. The van der Waals surface area contributed by atoms with Gasteiger partial charge in [-0.3, -0.25) is 4.68 Å². The highest BCUT2D eigenvalue weighted by Crippen LogP contribution is 2.26. The van der Waals surface area contributed by atoms with Crippen molar-refractivity contribution < 1.29 is 18.3 Å². The summed E-state index contributed by atoms with van der Waals surface area (Å²) in [5.74, 6) is 0. The van der Waals surface area contributed by atoms with Crippen molar-refractivity contribution in [2.45, 2.75) is 50.8 Å². The highest BCUT2D eigenvalue weighted by atomic mass is 19.4. The molecule has 3 nitrogen and oxygen atoms in total. The minimum absolute atomic E-state index is 0.0398. The van der Waals surface area contributed by atoms with E-state index in [4.69, 9.17) is 0 Å². The fourth-order valence-corrected chi connectivity index (χ4v) is 1.84. The zero-order chi connectivity index (χ0) is 13.8.